The minimum atomic E-state index is -2.25. The maximum Gasteiger partial charge on any atom is 0.396 e. The summed E-state index contributed by atoms with van der Waals surface area (Å²) in [6, 6.07) is 0. The van der Waals surface area contributed by atoms with Gasteiger partial charge in [-0.05, 0) is 12.8 Å². The van der Waals surface area contributed by atoms with Crippen molar-refractivity contribution < 1.29 is 33.6 Å². The summed E-state index contributed by atoms with van der Waals surface area (Å²) in [7, 11) is 0. The smallest absolute Gasteiger partial charge is 0.396 e. The molecule has 7 heteroatoms. The van der Waals surface area contributed by atoms with Crippen LogP contribution in [-0.4, -0.2) is 42.5 Å². The van der Waals surface area contributed by atoms with Gasteiger partial charge in [0.1, 0.15) is 0 Å². The first kappa shape index (κ1) is 29.3. The summed E-state index contributed by atoms with van der Waals surface area (Å²) >= 11 is 0. The van der Waals surface area contributed by atoms with E-state index in [0.717, 1.165) is 63.5 Å². The van der Waals surface area contributed by atoms with Crippen LogP contribution in [0, 0.1) is 0 Å². The molecule has 0 aliphatic heterocycles. The maximum atomic E-state index is 11.9. The van der Waals surface area contributed by atoms with E-state index in [1.54, 1.807) is 0 Å². The van der Waals surface area contributed by atoms with Gasteiger partial charge < -0.3 is 24.1 Å². The molecule has 0 amide bonds. The van der Waals surface area contributed by atoms with Crippen molar-refractivity contribution in [3.8, 4) is 0 Å². The van der Waals surface area contributed by atoms with E-state index in [-0.39, 0.29) is 13.2 Å². The summed E-state index contributed by atoms with van der Waals surface area (Å²) in [5.74, 6) is -4.01. The van der Waals surface area contributed by atoms with E-state index >= 15 is 0 Å². The Morgan fingerprint density at radius 1 is 0.774 bits per heavy atom. The monoisotopic (exact) mass is 442 g/mol. The van der Waals surface area contributed by atoms with Crippen molar-refractivity contribution in [2.75, 3.05) is 13.2 Å². The standard InChI is InChI=1S/C24H42O7/c1-5-9-11-13-15-17-19-28-24(31-22(26)8-4,23(27)30-21(25)7-3)29-20-18-16-14-12-10-6-2/h7-8,23,27H,3-6,9-20H2,1-2H3. The van der Waals surface area contributed by atoms with Crippen molar-refractivity contribution in [3.05, 3.63) is 25.3 Å². The van der Waals surface area contributed by atoms with E-state index in [1.165, 1.54) is 12.8 Å². The first-order chi connectivity index (χ1) is 15.0. The van der Waals surface area contributed by atoms with Crippen molar-refractivity contribution in [1.29, 1.82) is 0 Å². The van der Waals surface area contributed by atoms with Crippen molar-refractivity contribution in [1.82, 2.24) is 0 Å². The second-order valence-corrected chi connectivity index (χ2v) is 7.45. The van der Waals surface area contributed by atoms with Gasteiger partial charge in [0.2, 0.25) is 0 Å². The fraction of sp³-hybridized carbons (Fsp3) is 0.750. The number of hydrogen-bond donors (Lipinski definition) is 1. The van der Waals surface area contributed by atoms with Crippen LogP contribution in [-0.2, 0) is 28.5 Å². The molecule has 1 unspecified atom stereocenters. The lowest BCUT2D eigenvalue weighted by molar-refractivity contribution is -0.427. The highest BCUT2D eigenvalue weighted by Crippen LogP contribution is 2.24. The predicted molar refractivity (Wildman–Crippen MR) is 120 cm³/mol. The van der Waals surface area contributed by atoms with Crippen LogP contribution in [0.3, 0.4) is 0 Å². The molecule has 7 nitrogen and oxygen atoms in total. The van der Waals surface area contributed by atoms with Crippen LogP contribution in [0.4, 0.5) is 0 Å². The number of carbonyl (C=O) groups is 2. The molecule has 31 heavy (non-hydrogen) atoms. The lowest BCUT2D eigenvalue weighted by atomic mass is 10.1. The number of rotatable bonds is 21. The van der Waals surface area contributed by atoms with E-state index in [1.807, 2.05) is 0 Å². The average Bonchev–Trinajstić information content (AvgIpc) is 2.77. The molecule has 0 aromatic heterocycles. The first-order valence-corrected chi connectivity index (χ1v) is 11.6. The molecule has 0 saturated carbocycles. The molecular weight excluding hydrogens is 400 g/mol. The predicted octanol–water partition coefficient (Wildman–Crippen LogP) is 5.17. The molecule has 0 aliphatic rings. The molecule has 180 valence electrons. The Morgan fingerprint density at radius 3 is 1.61 bits per heavy atom. The number of hydrogen-bond acceptors (Lipinski definition) is 7. The number of unbranched alkanes of at least 4 members (excludes halogenated alkanes) is 10. The molecule has 0 aliphatic carbocycles. The van der Waals surface area contributed by atoms with Gasteiger partial charge in [-0.25, -0.2) is 9.59 Å². The van der Waals surface area contributed by atoms with Crippen LogP contribution in [0.25, 0.3) is 0 Å². The molecule has 1 N–H and O–H groups in total. The molecule has 0 aromatic carbocycles. The van der Waals surface area contributed by atoms with Gasteiger partial charge in [0.25, 0.3) is 6.29 Å². The average molecular weight is 443 g/mol. The van der Waals surface area contributed by atoms with Crippen molar-refractivity contribution in [2.45, 2.75) is 103 Å². The van der Waals surface area contributed by atoms with Gasteiger partial charge in [0.15, 0.2) is 0 Å². The van der Waals surface area contributed by atoms with Gasteiger partial charge >= 0.3 is 17.9 Å². The molecular formula is C24H42O7. The fourth-order valence-corrected chi connectivity index (χ4v) is 2.90. The molecule has 0 spiro atoms. The Hall–Kier alpha value is -1.70. The molecule has 0 bridgehead atoms. The van der Waals surface area contributed by atoms with Gasteiger partial charge in [0.05, 0.1) is 13.2 Å². The Bertz CT molecular complexity index is 486. The van der Waals surface area contributed by atoms with E-state index in [0.29, 0.717) is 12.8 Å². The number of aliphatic hydroxyl groups is 1. The maximum absolute atomic E-state index is 11.9. The van der Waals surface area contributed by atoms with Gasteiger partial charge in [-0.3, -0.25) is 0 Å². The lowest BCUT2D eigenvalue weighted by Crippen LogP contribution is -2.53. The molecule has 0 saturated heterocycles. The Kier molecular flexibility index (Phi) is 18.0. The number of carbonyl (C=O) groups excluding carboxylic acids is 2. The van der Waals surface area contributed by atoms with Gasteiger partial charge in [-0.2, -0.15) is 0 Å². The van der Waals surface area contributed by atoms with E-state index in [4.69, 9.17) is 18.9 Å². The summed E-state index contributed by atoms with van der Waals surface area (Å²) < 4.78 is 21.5. The molecule has 0 heterocycles. The second-order valence-electron chi connectivity index (χ2n) is 7.45. The van der Waals surface area contributed by atoms with E-state index in [2.05, 4.69) is 27.0 Å². The fourth-order valence-electron chi connectivity index (χ4n) is 2.90. The largest absolute Gasteiger partial charge is 0.422 e. The third-order valence-electron chi connectivity index (χ3n) is 4.71. The highest BCUT2D eigenvalue weighted by molar-refractivity contribution is 5.82. The molecule has 0 radical (unpaired) electrons. The quantitative estimate of drug-likeness (QED) is 0.113. The minimum Gasteiger partial charge on any atom is -0.422 e. The summed E-state index contributed by atoms with van der Waals surface area (Å²) in [5.41, 5.74) is 0. The Balaban J connectivity index is 5.03. The SMILES string of the molecule is C=CC(=O)OC(O)C(OCCCCCCCC)(OCCCCCCCC)OC(=O)C=C. The number of ether oxygens (including phenoxy) is 4. The third-order valence-corrected chi connectivity index (χ3v) is 4.71. The Morgan fingerprint density at radius 2 is 1.19 bits per heavy atom. The molecule has 0 rings (SSSR count). The van der Waals surface area contributed by atoms with Gasteiger partial charge in [-0.1, -0.05) is 91.2 Å². The Labute approximate surface area is 187 Å². The molecule has 0 aromatic rings. The van der Waals surface area contributed by atoms with Crippen LogP contribution in [0.1, 0.15) is 90.9 Å². The summed E-state index contributed by atoms with van der Waals surface area (Å²) in [6.45, 7) is 11.3. The van der Waals surface area contributed by atoms with Crippen LogP contribution < -0.4 is 0 Å². The van der Waals surface area contributed by atoms with E-state index < -0.39 is 24.2 Å². The van der Waals surface area contributed by atoms with E-state index in [9.17, 15) is 14.7 Å². The molecule has 0 fully saturated rings. The number of aliphatic hydroxyl groups excluding tert-OH is 1. The van der Waals surface area contributed by atoms with Crippen LogP contribution in [0.15, 0.2) is 25.3 Å². The van der Waals surface area contributed by atoms with Gasteiger partial charge in [0, 0.05) is 12.2 Å². The zero-order valence-electron chi connectivity index (χ0n) is 19.4. The highest BCUT2D eigenvalue weighted by Gasteiger charge is 2.48. The second kappa shape index (κ2) is 19.0. The van der Waals surface area contributed by atoms with Crippen LogP contribution >= 0.6 is 0 Å². The van der Waals surface area contributed by atoms with Crippen LogP contribution in [0.5, 0.6) is 0 Å². The van der Waals surface area contributed by atoms with Crippen molar-refractivity contribution >= 4 is 11.9 Å². The summed E-state index contributed by atoms with van der Waals surface area (Å²) in [5, 5.41) is 10.5. The zero-order chi connectivity index (χ0) is 23.4. The van der Waals surface area contributed by atoms with Crippen molar-refractivity contribution in [2.24, 2.45) is 0 Å². The third kappa shape index (κ3) is 14.1. The highest BCUT2D eigenvalue weighted by atomic mass is 16.9. The summed E-state index contributed by atoms with van der Waals surface area (Å²) in [6.07, 6.45) is 12.1. The molecule has 1 atom stereocenters. The normalized spacial score (nSPS) is 12.2. The van der Waals surface area contributed by atoms with Gasteiger partial charge in [-0.15, -0.1) is 0 Å². The summed E-state index contributed by atoms with van der Waals surface area (Å²) in [4.78, 5) is 23.5. The zero-order valence-corrected chi connectivity index (χ0v) is 19.4. The topological polar surface area (TPSA) is 91.3 Å². The minimum absolute atomic E-state index is 0.162. The van der Waals surface area contributed by atoms with Crippen molar-refractivity contribution in [3.63, 3.8) is 0 Å². The van der Waals surface area contributed by atoms with Crippen LogP contribution in [0.2, 0.25) is 0 Å². The lowest BCUT2D eigenvalue weighted by Gasteiger charge is -2.34. The number of esters is 2. The first-order valence-electron chi connectivity index (χ1n) is 11.6.